The molecule has 12 N–H and O–H groups in total. The summed E-state index contributed by atoms with van der Waals surface area (Å²) in [5.74, 6) is -1.46. The minimum Gasteiger partial charge on any atom is -0.367 e. The summed E-state index contributed by atoms with van der Waals surface area (Å²) >= 11 is 0. The lowest BCUT2D eigenvalue weighted by molar-refractivity contribution is 0.0992. The second-order valence-corrected chi connectivity index (χ2v) is 25.6. The third kappa shape index (κ3) is 24.7. The zero-order chi connectivity index (χ0) is 66.3. The second kappa shape index (κ2) is 34.7. The number of aromatic nitrogens is 6. The SMILES string of the molecule is CCN(c1cc(F)nc(Nc2cc(C(N)=O)ccc2C)n1)C1CCCC1.CCNC1CCCC1.CNCC(C)(C)C.Cc1ccc(C(N)=O)cc1Nc1nc(F)cc(F)n1.Cc1ccc(C(N)=O)cc1Nc1nc(NC2CCCC2)cc(N(C)CC(C)(C)C)n1. The van der Waals surface area contributed by atoms with Crippen molar-refractivity contribution in [2.24, 2.45) is 28.0 Å². The van der Waals surface area contributed by atoms with E-state index in [2.05, 4.69) is 117 Å². The molecular weight excluding hydrogens is 1150 g/mol. The van der Waals surface area contributed by atoms with Crippen molar-refractivity contribution in [2.75, 3.05) is 71.3 Å². The summed E-state index contributed by atoms with van der Waals surface area (Å²) in [5.41, 5.74) is 22.1. The van der Waals surface area contributed by atoms with Gasteiger partial charge in [-0.15, -0.1) is 0 Å². The number of benzene rings is 3. The van der Waals surface area contributed by atoms with Crippen LogP contribution in [0, 0.1) is 49.4 Å². The van der Waals surface area contributed by atoms with E-state index in [0.717, 1.165) is 79.1 Å². The maximum Gasteiger partial charge on any atom is 0.248 e. The van der Waals surface area contributed by atoms with Crippen molar-refractivity contribution in [1.82, 2.24) is 40.5 Å². The molecular formula is C67H98F3N17O3. The van der Waals surface area contributed by atoms with Gasteiger partial charge in [0, 0.05) is 90.2 Å². The molecule has 3 heterocycles. The first-order valence-corrected chi connectivity index (χ1v) is 31.3. The van der Waals surface area contributed by atoms with E-state index >= 15 is 0 Å². The molecule has 3 aromatic heterocycles. The van der Waals surface area contributed by atoms with Crippen LogP contribution >= 0.6 is 0 Å². The lowest BCUT2D eigenvalue weighted by atomic mass is 9.96. The van der Waals surface area contributed by atoms with Crippen LogP contribution in [-0.4, -0.2) is 106 Å². The number of rotatable bonds is 19. The largest absolute Gasteiger partial charge is 0.367 e. The van der Waals surface area contributed by atoms with Gasteiger partial charge < -0.3 is 58.9 Å². The summed E-state index contributed by atoms with van der Waals surface area (Å²) in [6, 6.07) is 20.7. The first kappa shape index (κ1) is 72.6. The predicted octanol–water partition coefficient (Wildman–Crippen LogP) is 12.7. The summed E-state index contributed by atoms with van der Waals surface area (Å²) in [7, 11) is 4.03. The number of halogens is 3. The van der Waals surface area contributed by atoms with Crippen molar-refractivity contribution in [3.63, 3.8) is 0 Å². The molecule has 0 bridgehead atoms. The third-order valence-electron chi connectivity index (χ3n) is 15.1. The Labute approximate surface area is 530 Å². The molecule has 3 fully saturated rings. The Morgan fingerprint density at radius 3 is 1.32 bits per heavy atom. The van der Waals surface area contributed by atoms with Gasteiger partial charge in [-0.25, -0.2) is 0 Å². The van der Waals surface area contributed by atoms with Crippen LogP contribution in [0.5, 0.6) is 0 Å². The van der Waals surface area contributed by atoms with E-state index in [9.17, 15) is 27.6 Å². The summed E-state index contributed by atoms with van der Waals surface area (Å²) in [6.45, 7) is 27.0. The maximum atomic E-state index is 14.1. The van der Waals surface area contributed by atoms with Crippen molar-refractivity contribution in [3.05, 3.63) is 124 Å². The number of hydrogen-bond donors (Lipinski definition) is 9. The molecule has 6 aromatic rings. The predicted molar refractivity (Wildman–Crippen MR) is 358 cm³/mol. The van der Waals surface area contributed by atoms with Crippen LogP contribution in [0.2, 0.25) is 0 Å². The zero-order valence-electron chi connectivity index (χ0n) is 55.1. The number of primary amides is 3. The summed E-state index contributed by atoms with van der Waals surface area (Å²) in [5, 5.41) is 19.1. The molecule has 3 saturated carbocycles. The van der Waals surface area contributed by atoms with Crippen molar-refractivity contribution >= 4 is 70.1 Å². The summed E-state index contributed by atoms with van der Waals surface area (Å²) < 4.78 is 40.0. The molecule has 3 aliphatic carbocycles. The summed E-state index contributed by atoms with van der Waals surface area (Å²) in [6.07, 6.45) is 15.1. The lowest BCUT2D eigenvalue weighted by Gasteiger charge is -2.29. The van der Waals surface area contributed by atoms with E-state index in [4.69, 9.17) is 27.2 Å². The minimum atomic E-state index is -0.987. The molecule has 0 unspecified atom stereocenters. The second-order valence-electron chi connectivity index (χ2n) is 25.6. The topological polar surface area (TPSA) is 285 Å². The van der Waals surface area contributed by atoms with Gasteiger partial charge >= 0.3 is 0 Å². The van der Waals surface area contributed by atoms with Crippen LogP contribution in [0.1, 0.15) is 180 Å². The molecule has 0 atom stereocenters. The van der Waals surface area contributed by atoms with Gasteiger partial charge in [0.15, 0.2) is 0 Å². The highest BCUT2D eigenvalue weighted by molar-refractivity contribution is 5.95. The van der Waals surface area contributed by atoms with Gasteiger partial charge in [0.25, 0.3) is 0 Å². The van der Waals surface area contributed by atoms with E-state index in [1.165, 1.54) is 76.3 Å². The van der Waals surface area contributed by atoms with Gasteiger partial charge in [-0.2, -0.15) is 43.1 Å². The fourth-order valence-corrected chi connectivity index (χ4v) is 10.7. The first-order valence-electron chi connectivity index (χ1n) is 31.3. The van der Waals surface area contributed by atoms with Crippen LogP contribution < -0.4 is 58.9 Å². The van der Waals surface area contributed by atoms with Gasteiger partial charge in [0.2, 0.25) is 53.4 Å². The highest BCUT2D eigenvalue weighted by Crippen LogP contribution is 2.31. The quantitative estimate of drug-likeness (QED) is 0.0341. The number of hydrogen-bond acceptors (Lipinski definition) is 17. The monoisotopic (exact) mass is 1250 g/mol. The number of carbonyl (C=O) groups excluding carboxylic acids is 3. The molecule has 0 spiro atoms. The average Bonchev–Trinajstić information content (AvgIpc) is 1.19. The first-order chi connectivity index (χ1) is 42.5. The average molecular weight is 1250 g/mol. The van der Waals surface area contributed by atoms with Gasteiger partial charge in [-0.3, -0.25) is 14.4 Å². The van der Waals surface area contributed by atoms with Gasteiger partial charge in [0.1, 0.15) is 17.5 Å². The van der Waals surface area contributed by atoms with Crippen LogP contribution in [0.4, 0.5) is 65.5 Å². The molecule has 23 heteroatoms. The Hall–Kier alpha value is -8.18. The number of anilines is 9. The Morgan fingerprint density at radius 1 is 0.533 bits per heavy atom. The highest BCUT2D eigenvalue weighted by Gasteiger charge is 2.25. The number of aryl methyl sites for hydroxylation is 3. The molecule has 0 saturated heterocycles. The van der Waals surface area contributed by atoms with Gasteiger partial charge in [-0.05, 0) is 150 Å². The number of amides is 3. The molecule has 0 aliphatic heterocycles. The van der Waals surface area contributed by atoms with E-state index in [-0.39, 0.29) is 22.9 Å². The Bertz CT molecular complexity index is 3260. The van der Waals surface area contributed by atoms with E-state index in [1.807, 2.05) is 40.0 Å². The van der Waals surface area contributed by atoms with Crippen molar-refractivity contribution in [2.45, 2.75) is 171 Å². The van der Waals surface area contributed by atoms with Crippen LogP contribution in [-0.2, 0) is 0 Å². The van der Waals surface area contributed by atoms with Crippen LogP contribution in [0.15, 0.2) is 72.8 Å². The fourth-order valence-electron chi connectivity index (χ4n) is 10.7. The fraction of sp³-hybridized carbons (Fsp3) is 0.507. The third-order valence-corrected chi connectivity index (χ3v) is 15.1. The van der Waals surface area contributed by atoms with Crippen molar-refractivity contribution in [1.29, 1.82) is 0 Å². The van der Waals surface area contributed by atoms with Crippen LogP contribution in [0.25, 0.3) is 0 Å². The molecule has 3 aromatic carbocycles. The summed E-state index contributed by atoms with van der Waals surface area (Å²) in [4.78, 5) is 63.0. The molecule has 3 amide bonds. The zero-order valence-corrected chi connectivity index (χ0v) is 55.1. The smallest absolute Gasteiger partial charge is 0.248 e. The molecule has 9 rings (SSSR count). The van der Waals surface area contributed by atoms with E-state index < -0.39 is 35.6 Å². The van der Waals surface area contributed by atoms with Crippen molar-refractivity contribution < 1.29 is 27.6 Å². The van der Waals surface area contributed by atoms with E-state index in [0.29, 0.717) is 57.8 Å². The van der Waals surface area contributed by atoms with E-state index in [1.54, 1.807) is 49.4 Å². The maximum absolute atomic E-state index is 14.1. The normalized spacial score (nSPS) is 14.1. The van der Waals surface area contributed by atoms with Crippen LogP contribution in [0.3, 0.4) is 0 Å². The van der Waals surface area contributed by atoms with Gasteiger partial charge in [0.05, 0.1) is 0 Å². The number of nitrogens with two attached hydrogens (primary N) is 3. The Morgan fingerprint density at radius 2 is 0.933 bits per heavy atom. The Balaban J connectivity index is 0.000000223. The number of carbonyl (C=O) groups is 3. The molecule has 490 valence electrons. The Kier molecular flexibility index (Phi) is 28.0. The standard InChI is InChI=1S/C23H34N6O.C19H24FN5O.C12H10F2N4O.C7H15N.C6H15N/c1-15-10-11-16(21(24)30)12-18(15)26-22-27-19(25-17-8-6-7-9-17)13-20(28-22)29(5)14-23(2,3)4;1-3-25(14-6-4-5-7-14)17-11-16(20)23-19(24-17)22-15-10-13(18(21)26)9-8-12(15)2;1-6-2-3-7(11(15)19)4-8(6)16-12-17-9(13)5-10(14)18-12;1-2-8-7-5-3-4-6-7;1-6(2,3)5-7-4/h10-13,17H,6-9,14H2,1-5H3,(H2,24,30)(H2,25,26,27,28);8-11,14H,3-7H2,1-2H3,(H2,21,26)(H,22,23,24);2-5H,1H3,(H2,15,19)(H,16,17,18);7-8H,2-6H2,1H3;7H,5H2,1-4H3. The van der Waals surface area contributed by atoms with Gasteiger partial charge in [-0.1, -0.05) is 105 Å². The molecule has 20 nitrogen and oxygen atoms in total. The molecule has 0 radical (unpaired) electrons. The lowest BCUT2D eigenvalue weighted by Crippen LogP contribution is -2.34. The number of nitrogens with one attached hydrogen (secondary N) is 6. The molecule has 90 heavy (non-hydrogen) atoms. The minimum absolute atomic E-state index is 0.138. The highest BCUT2D eigenvalue weighted by atomic mass is 19.1. The number of nitrogens with zero attached hydrogens (tertiary/aromatic N) is 8. The van der Waals surface area contributed by atoms with Crippen molar-refractivity contribution in [3.8, 4) is 0 Å². The molecule has 3 aliphatic rings.